The number of rotatable bonds is 11. The molecule has 1 fully saturated rings. The van der Waals surface area contributed by atoms with Gasteiger partial charge in [0.25, 0.3) is 0 Å². The van der Waals surface area contributed by atoms with E-state index in [-0.39, 0.29) is 6.10 Å². The third-order valence-corrected chi connectivity index (χ3v) is 4.17. The number of unbranched alkanes of at least 4 members (excludes halogenated alkanes) is 8. The summed E-state index contributed by atoms with van der Waals surface area (Å²) in [4.78, 5) is 11.4. The molecule has 1 unspecified atom stereocenters. The number of carbonyl (C=O) groups is 1. The van der Waals surface area contributed by atoms with Crippen LogP contribution in [0.3, 0.4) is 0 Å². The minimum atomic E-state index is 0.00490. The molecule has 20 heavy (non-hydrogen) atoms. The molecule has 1 rings (SSSR count). The SMILES string of the molecule is C=C(CCCCCCCCCCC)C1CC(=O)CCO1. The highest BCUT2D eigenvalue weighted by Crippen LogP contribution is 2.21. The monoisotopic (exact) mass is 280 g/mol. The van der Waals surface area contributed by atoms with E-state index in [1.54, 1.807) is 0 Å². The Hall–Kier alpha value is -0.630. The molecular formula is C18H32O2. The first kappa shape index (κ1) is 17.4. The van der Waals surface area contributed by atoms with Crippen molar-refractivity contribution in [3.8, 4) is 0 Å². The van der Waals surface area contributed by atoms with Crippen LogP contribution >= 0.6 is 0 Å². The number of hydrogen-bond acceptors (Lipinski definition) is 2. The van der Waals surface area contributed by atoms with Crippen molar-refractivity contribution < 1.29 is 9.53 Å². The van der Waals surface area contributed by atoms with Gasteiger partial charge in [0.15, 0.2) is 0 Å². The molecule has 0 aromatic carbocycles. The molecule has 0 N–H and O–H groups in total. The van der Waals surface area contributed by atoms with Gasteiger partial charge in [-0.3, -0.25) is 4.79 Å². The van der Waals surface area contributed by atoms with Crippen LogP contribution in [0, 0.1) is 0 Å². The Morgan fingerprint density at radius 2 is 1.70 bits per heavy atom. The van der Waals surface area contributed by atoms with E-state index in [2.05, 4.69) is 13.5 Å². The maximum atomic E-state index is 11.4. The number of hydrogen-bond donors (Lipinski definition) is 0. The number of ether oxygens (including phenoxy) is 1. The lowest BCUT2D eigenvalue weighted by Gasteiger charge is -2.23. The maximum absolute atomic E-state index is 11.4. The van der Waals surface area contributed by atoms with E-state index in [0.717, 1.165) is 12.0 Å². The summed E-state index contributed by atoms with van der Waals surface area (Å²) in [5, 5.41) is 0. The van der Waals surface area contributed by atoms with Crippen LogP contribution < -0.4 is 0 Å². The molecule has 1 aliphatic heterocycles. The van der Waals surface area contributed by atoms with Crippen molar-refractivity contribution in [3.05, 3.63) is 12.2 Å². The average Bonchev–Trinajstić information content (AvgIpc) is 2.45. The van der Waals surface area contributed by atoms with E-state index in [1.807, 2.05) is 0 Å². The second kappa shape index (κ2) is 11.1. The van der Waals surface area contributed by atoms with Crippen molar-refractivity contribution in [2.75, 3.05) is 6.61 Å². The molecule has 0 saturated carbocycles. The van der Waals surface area contributed by atoms with Crippen LogP contribution in [0.5, 0.6) is 0 Å². The zero-order chi connectivity index (χ0) is 14.6. The van der Waals surface area contributed by atoms with Crippen LogP contribution in [0.25, 0.3) is 0 Å². The molecule has 0 aromatic rings. The molecule has 0 aliphatic carbocycles. The minimum absolute atomic E-state index is 0.00490. The van der Waals surface area contributed by atoms with Crippen molar-refractivity contribution in [1.82, 2.24) is 0 Å². The Balaban J connectivity index is 1.93. The predicted molar refractivity (Wildman–Crippen MR) is 85.0 cm³/mol. The van der Waals surface area contributed by atoms with Crippen molar-refractivity contribution in [2.45, 2.75) is 90.1 Å². The van der Waals surface area contributed by atoms with Gasteiger partial charge in [0.2, 0.25) is 0 Å². The standard InChI is InChI=1S/C18H32O2/c1-3-4-5-6-7-8-9-10-11-12-16(2)18-15-17(19)13-14-20-18/h18H,2-15H2,1H3. The molecule has 2 heteroatoms. The molecule has 0 aromatic heterocycles. The Morgan fingerprint density at radius 1 is 1.10 bits per heavy atom. The predicted octanol–water partition coefficient (Wildman–Crippen LogP) is 5.21. The fraction of sp³-hybridized carbons (Fsp3) is 0.833. The molecule has 116 valence electrons. The van der Waals surface area contributed by atoms with Gasteiger partial charge in [0.05, 0.1) is 12.7 Å². The van der Waals surface area contributed by atoms with Gasteiger partial charge in [-0.1, -0.05) is 64.9 Å². The van der Waals surface area contributed by atoms with E-state index in [1.165, 1.54) is 57.8 Å². The summed E-state index contributed by atoms with van der Waals surface area (Å²) in [7, 11) is 0. The van der Waals surface area contributed by atoms with E-state index in [4.69, 9.17) is 4.74 Å². The lowest BCUT2D eigenvalue weighted by atomic mass is 9.97. The molecule has 1 aliphatic rings. The second-order valence-corrected chi connectivity index (χ2v) is 6.09. The molecule has 1 saturated heterocycles. The molecule has 0 bridgehead atoms. The quantitative estimate of drug-likeness (QED) is 0.383. The number of carbonyl (C=O) groups excluding carboxylic acids is 1. The van der Waals surface area contributed by atoms with Crippen LogP contribution in [-0.2, 0) is 9.53 Å². The summed E-state index contributed by atoms with van der Waals surface area (Å²) < 4.78 is 5.62. The zero-order valence-corrected chi connectivity index (χ0v) is 13.3. The minimum Gasteiger partial charge on any atom is -0.373 e. The summed E-state index contributed by atoms with van der Waals surface area (Å²) in [6.07, 6.45) is 14.3. The van der Waals surface area contributed by atoms with Gasteiger partial charge in [0, 0.05) is 12.8 Å². The van der Waals surface area contributed by atoms with E-state index in [9.17, 15) is 4.79 Å². The van der Waals surface area contributed by atoms with Crippen LogP contribution in [0.15, 0.2) is 12.2 Å². The largest absolute Gasteiger partial charge is 0.373 e. The normalized spacial score (nSPS) is 19.2. The van der Waals surface area contributed by atoms with Crippen molar-refractivity contribution in [2.24, 2.45) is 0 Å². The molecule has 0 spiro atoms. The third-order valence-electron chi connectivity index (χ3n) is 4.17. The van der Waals surface area contributed by atoms with Crippen molar-refractivity contribution in [1.29, 1.82) is 0 Å². The van der Waals surface area contributed by atoms with Crippen LogP contribution in [0.4, 0.5) is 0 Å². The summed E-state index contributed by atoms with van der Waals surface area (Å²) >= 11 is 0. The molecule has 1 atom stereocenters. The van der Waals surface area contributed by atoms with E-state index >= 15 is 0 Å². The summed E-state index contributed by atoms with van der Waals surface area (Å²) in [6.45, 7) is 6.95. The Labute approximate surface area is 125 Å². The molecular weight excluding hydrogens is 248 g/mol. The van der Waals surface area contributed by atoms with Crippen LogP contribution in [0.1, 0.15) is 84.0 Å². The zero-order valence-electron chi connectivity index (χ0n) is 13.3. The maximum Gasteiger partial charge on any atom is 0.138 e. The second-order valence-electron chi connectivity index (χ2n) is 6.09. The summed E-state index contributed by atoms with van der Waals surface area (Å²) in [6, 6.07) is 0. The Bertz CT molecular complexity index is 283. The van der Waals surface area contributed by atoms with Gasteiger partial charge >= 0.3 is 0 Å². The Morgan fingerprint density at radius 3 is 2.30 bits per heavy atom. The number of ketones is 1. The first-order chi connectivity index (χ1) is 9.74. The average molecular weight is 280 g/mol. The summed E-state index contributed by atoms with van der Waals surface area (Å²) in [5.41, 5.74) is 1.13. The van der Waals surface area contributed by atoms with Crippen LogP contribution in [0.2, 0.25) is 0 Å². The number of Topliss-reactive ketones (excluding diaryl/α,β-unsaturated/α-hetero) is 1. The van der Waals surface area contributed by atoms with Gasteiger partial charge in [-0.2, -0.15) is 0 Å². The van der Waals surface area contributed by atoms with Gasteiger partial charge in [-0.05, 0) is 18.4 Å². The molecule has 1 heterocycles. The van der Waals surface area contributed by atoms with E-state index < -0.39 is 0 Å². The fourth-order valence-corrected chi connectivity index (χ4v) is 2.77. The first-order valence-electron chi connectivity index (χ1n) is 8.55. The highest BCUT2D eigenvalue weighted by atomic mass is 16.5. The highest BCUT2D eigenvalue weighted by molar-refractivity contribution is 5.80. The first-order valence-corrected chi connectivity index (χ1v) is 8.55. The van der Waals surface area contributed by atoms with Crippen molar-refractivity contribution >= 4 is 5.78 Å². The Kier molecular flexibility index (Phi) is 9.65. The van der Waals surface area contributed by atoms with Crippen LogP contribution in [-0.4, -0.2) is 18.5 Å². The lowest BCUT2D eigenvalue weighted by molar-refractivity contribution is -0.127. The van der Waals surface area contributed by atoms with Gasteiger partial charge in [-0.15, -0.1) is 0 Å². The third kappa shape index (κ3) is 7.84. The van der Waals surface area contributed by atoms with Crippen molar-refractivity contribution in [3.63, 3.8) is 0 Å². The van der Waals surface area contributed by atoms with Gasteiger partial charge in [0.1, 0.15) is 5.78 Å². The van der Waals surface area contributed by atoms with E-state index in [0.29, 0.717) is 25.2 Å². The highest BCUT2D eigenvalue weighted by Gasteiger charge is 2.21. The smallest absolute Gasteiger partial charge is 0.138 e. The lowest BCUT2D eigenvalue weighted by Crippen LogP contribution is -2.26. The molecule has 0 amide bonds. The molecule has 0 radical (unpaired) electrons. The van der Waals surface area contributed by atoms with Gasteiger partial charge < -0.3 is 4.74 Å². The topological polar surface area (TPSA) is 26.3 Å². The van der Waals surface area contributed by atoms with Gasteiger partial charge in [-0.25, -0.2) is 0 Å². The molecule has 2 nitrogen and oxygen atoms in total. The fourth-order valence-electron chi connectivity index (χ4n) is 2.77. The summed E-state index contributed by atoms with van der Waals surface area (Å²) in [5.74, 6) is 0.328.